The number of nitrogens with one attached hydrogen (secondary N) is 1. The molecule has 1 aromatic heterocycles. The van der Waals surface area contributed by atoms with Crippen molar-refractivity contribution >= 4 is 28.2 Å². The minimum atomic E-state index is -0.471. The smallest absolute Gasteiger partial charge is 0.267 e. The predicted octanol–water partition coefficient (Wildman–Crippen LogP) is 3.61. The Morgan fingerprint density at radius 1 is 1.15 bits per heavy atom. The molecule has 0 atom stereocenters. The van der Waals surface area contributed by atoms with Gasteiger partial charge in [0.25, 0.3) is 11.6 Å². The number of hydrazone groups is 1. The van der Waals surface area contributed by atoms with E-state index in [1.165, 1.54) is 12.1 Å². The van der Waals surface area contributed by atoms with Crippen LogP contribution in [0.3, 0.4) is 0 Å². The number of fused-ring (bicyclic) bond motifs is 1. The summed E-state index contributed by atoms with van der Waals surface area (Å²) in [5.74, 6) is -0.364. The first-order valence-electron chi connectivity index (χ1n) is 7.91. The number of nitro benzene ring substituents is 1. The molecule has 3 aromatic rings. The number of pyridine rings is 1. The quantitative estimate of drug-likeness (QED) is 0.442. The standard InChI is InChI=1S/C19H16N4O3/c1-12-10-17(16-8-3-4-9-18(16)20-12)19(24)22-21-13(2)14-6-5-7-15(11-14)23(25)26/h3-11H,1-2H3,(H,22,24). The minimum Gasteiger partial charge on any atom is -0.267 e. The van der Waals surface area contributed by atoms with Gasteiger partial charge in [0.15, 0.2) is 0 Å². The zero-order valence-electron chi connectivity index (χ0n) is 14.3. The number of para-hydroxylation sites is 1. The van der Waals surface area contributed by atoms with Crippen LogP contribution in [0.4, 0.5) is 5.69 Å². The fourth-order valence-corrected chi connectivity index (χ4v) is 2.60. The van der Waals surface area contributed by atoms with E-state index in [1.807, 2.05) is 31.2 Å². The number of carbonyl (C=O) groups is 1. The second kappa shape index (κ2) is 7.10. The highest BCUT2D eigenvalue weighted by Gasteiger charge is 2.12. The number of hydrogen-bond donors (Lipinski definition) is 1. The van der Waals surface area contributed by atoms with Crippen LogP contribution in [-0.4, -0.2) is 21.5 Å². The Bertz CT molecular complexity index is 1040. The van der Waals surface area contributed by atoms with Gasteiger partial charge < -0.3 is 0 Å². The van der Waals surface area contributed by atoms with Gasteiger partial charge in [0.1, 0.15) is 0 Å². The lowest BCUT2D eigenvalue weighted by Gasteiger charge is -2.07. The van der Waals surface area contributed by atoms with Gasteiger partial charge >= 0.3 is 0 Å². The maximum absolute atomic E-state index is 12.6. The highest BCUT2D eigenvalue weighted by molar-refractivity contribution is 6.07. The van der Waals surface area contributed by atoms with E-state index in [4.69, 9.17) is 0 Å². The summed E-state index contributed by atoms with van der Waals surface area (Å²) in [6.07, 6.45) is 0. The van der Waals surface area contributed by atoms with Gasteiger partial charge in [-0.1, -0.05) is 30.3 Å². The van der Waals surface area contributed by atoms with E-state index in [9.17, 15) is 14.9 Å². The van der Waals surface area contributed by atoms with Gasteiger partial charge in [-0.2, -0.15) is 5.10 Å². The van der Waals surface area contributed by atoms with Crippen molar-refractivity contribution in [3.05, 3.63) is 81.5 Å². The molecule has 1 N–H and O–H groups in total. The van der Waals surface area contributed by atoms with E-state index in [2.05, 4.69) is 15.5 Å². The molecule has 7 nitrogen and oxygen atoms in total. The van der Waals surface area contributed by atoms with Crippen LogP contribution < -0.4 is 5.43 Å². The normalized spacial score (nSPS) is 11.4. The van der Waals surface area contributed by atoms with E-state index in [-0.39, 0.29) is 11.6 Å². The number of rotatable bonds is 4. The largest absolute Gasteiger partial charge is 0.272 e. The predicted molar refractivity (Wildman–Crippen MR) is 99.3 cm³/mol. The monoisotopic (exact) mass is 348 g/mol. The Morgan fingerprint density at radius 3 is 2.69 bits per heavy atom. The minimum absolute atomic E-state index is 0.0286. The topological polar surface area (TPSA) is 97.5 Å². The average molecular weight is 348 g/mol. The summed E-state index contributed by atoms with van der Waals surface area (Å²) < 4.78 is 0. The molecule has 0 aliphatic rings. The Kier molecular flexibility index (Phi) is 4.70. The van der Waals surface area contributed by atoms with Gasteiger partial charge in [0, 0.05) is 28.8 Å². The van der Waals surface area contributed by atoms with E-state index >= 15 is 0 Å². The number of aryl methyl sites for hydroxylation is 1. The molecule has 0 aliphatic heterocycles. The molecule has 2 aromatic carbocycles. The number of aromatic nitrogens is 1. The van der Waals surface area contributed by atoms with Crippen molar-refractivity contribution in [2.24, 2.45) is 5.10 Å². The van der Waals surface area contributed by atoms with Gasteiger partial charge in [-0.25, -0.2) is 5.43 Å². The summed E-state index contributed by atoms with van der Waals surface area (Å²) in [6, 6.07) is 15.2. The zero-order valence-corrected chi connectivity index (χ0v) is 14.3. The zero-order chi connectivity index (χ0) is 18.7. The van der Waals surface area contributed by atoms with Crippen LogP contribution in [0.5, 0.6) is 0 Å². The lowest BCUT2D eigenvalue weighted by molar-refractivity contribution is -0.384. The molecule has 130 valence electrons. The van der Waals surface area contributed by atoms with Gasteiger partial charge in [-0.05, 0) is 26.0 Å². The maximum atomic E-state index is 12.6. The Hall–Kier alpha value is -3.61. The average Bonchev–Trinajstić information content (AvgIpc) is 2.65. The fourth-order valence-electron chi connectivity index (χ4n) is 2.60. The number of benzene rings is 2. The molecule has 0 bridgehead atoms. The highest BCUT2D eigenvalue weighted by atomic mass is 16.6. The molecular weight excluding hydrogens is 332 g/mol. The van der Waals surface area contributed by atoms with Gasteiger partial charge in [0.05, 0.1) is 21.7 Å². The Labute approximate surface area is 149 Å². The van der Waals surface area contributed by atoms with E-state index in [0.29, 0.717) is 16.8 Å². The number of amides is 1. The van der Waals surface area contributed by atoms with Crippen molar-refractivity contribution in [2.75, 3.05) is 0 Å². The first kappa shape index (κ1) is 17.2. The lowest BCUT2D eigenvalue weighted by Crippen LogP contribution is -2.20. The van der Waals surface area contributed by atoms with Crippen LogP contribution in [-0.2, 0) is 0 Å². The molecule has 1 heterocycles. The van der Waals surface area contributed by atoms with Crippen molar-refractivity contribution in [2.45, 2.75) is 13.8 Å². The highest BCUT2D eigenvalue weighted by Crippen LogP contribution is 2.18. The molecule has 0 saturated heterocycles. The van der Waals surface area contributed by atoms with Crippen molar-refractivity contribution in [3.8, 4) is 0 Å². The molecular formula is C19H16N4O3. The summed E-state index contributed by atoms with van der Waals surface area (Å²) >= 11 is 0. The van der Waals surface area contributed by atoms with Gasteiger partial charge in [-0.3, -0.25) is 19.9 Å². The van der Waals surface area contributed by atoms with E-state index in [0.717, 1.165) is 16.6 Å². The summed E-state index contributed by atoms with van der Waals surface area (Å²) in [6.45, 7) is 3.50. The SMILES string of the molecule is CC(=NNC(=O)c1cc(C)nc2ccccc12)c1cccc([N+](=O)[O-])c1. The molecule has 3 rings (SSSR count). The third-order valence-electron chi connectivity index (χ3n) is 3.89. The maximum Gasteiger partial charge on any atom is 0.272 e. The number of nitro groups is 1. The fraction of sp³-hybridized carbons (Fsp3) is 0.105. The molecule has 1 amide bonds. The van der Waals surface area contributed by atoms with Crippen molar-refractivity contribution in [1.82, 2.24) is 10.4 Å². The Balaban J connectivity index is 1.88. The molecule has 26 heavy (non-hydrogen) atoms. The summed E-state index contributed by atoms with van der Waals surface area (Å²) in [5.41, 5.74) is 5.46. The Morgan fingerprint density at radius 2 is 1.92 bits per heavy atom. The first-order valence-corrected chi connectivity index (χ1v) is 7.91. The second-order valence-electron chi connectivity index (χ2n) is 5.77. The van der Waals surface area contributed by atoms with Crippen LogP contribution in [0, 0.1) is 17.0 Å². The summed E-state index contributed by atoms with van der Waals surface area (Å²) in [4.78, 5) is 27.4. The molecule has 0 radical (unpaired) electrons. The van der Waals surface area contributed by atoms with Crippen molar-refractivity contribution < 1.29 is 9.72 Å². The molecule has 0 fully saturated rings. The lowest BCUT2D eigenvalue weighted by atomic mass is 10.1. The molecule has 0 unspecified atom stereocenters. The molecule has 0 spiro atoms. The second-order valence-corrected chi connectivity index (χ2v) is 5.77. The van der Waals surface area contributed by atoms with Gasteiger partial charge in [0.2, 0.25) is 0 Å². The molecule has 7 heteroatoms. The number of hydrogen-bond acceptors (Lipinski definition) is 5. The number of nitrogens with zero attached hydrogens (tertiary/aromatic N) is 3. The number of non-ortho nitro benzene ring substituents is 1. The third kappa shape index (κ3) is 3.56. The van der Waals surface area contributed by atoms with Crippen LogP contribution in [0.25, 0.3) is 10.9 Å². The van der Waals surface area contributed by atoms with Crippen LogP contribution in [0.1, 0.15) is 28.5 Å². The van der Waals surface area contributed by atoms with Crippen LogP contribution in [0.2, 0.25) is 0 Å². The summed E-state index contributed by atoms with van der Waals surface area (Å²) in [5, 5.41) is 15.7. The van der Waals surface area contributed by atoms with Crippen LogP contribution in [0.15, 0.2) is 59.7 Å². The summed E-state index contributed by atoms with van der Waals surface area (Å²) in [7, 11) is 0. The molecule has 0 aliphatic carbocycles. The first-order chi connectivity index (χ1) is 12.5. The molecule has 0 saturated carbocycles. The van der Waals surface area contributed by atoms with Crippen molar-refractivity contribution in [3.63, 3.8) is 0 Å². The van der Waals surface area contributed by atoms with Gasteiger partial charge in [-0.15, -0.1) is 0 Å². The van der Waals surface area contributed by atoms with E-state index < -0.39 is 4.92 Å². The van der Waals surface area contributed by atoms with E-state index in [1.54, 1.807) is 25.1 Å². The van der Waals surface area contributed by atoms with Crippen molar-refractivity contribution in [1.29, 1.82) is 0 Å². The third-order valence-corrected chi connectivity index (χ3v) is 3.89. The van der Waals surface area contributed by atoms with Crippen LogP contribution >= 0.6 is 0 Å². The number of carbonyl (C=O) groups excluding carboxylic acids is 1.